The Hall–Kier alpha value is -2.69. The molecule has 0 saturated heterocycles. The van der Waals surface area contributed by atoms with Gasteiger partial charge in [0.15, 0.2) is 11.5 Å². The molecule has 0 spiro atoms. The second-order valence-electron chi connectivity index (χ2n) is 6.92. The van der Waals surface area contributed by atoms with E-state index in [1.807, 2.05) is 6.07 Å². The normalized spacial score (nSPS) is 15.2. The van der Waals surface area contributed by atoms with Crippen LogP contribution in [0.25, 0.3) is 0 Å². The molecule has 0 aliphatic heterocycles. The number of carbonyl (C=O) groups is 1. The van der Waals surface area contributed by atoms with E-state index in [2.05, 4.69) is 29.6 Å². The molecule has 1 aliphatic carbocycles. The molecule has 0 unspecified atom stereocenters. The van der Waals surface area contributed by atoms with Crippen LogP contribution in [0.1, 0.15) is 41.6 Å². The topological polar surface area (TPSA) is 56.8 Å². The van der Waals surface area contributed by atoms with E-state index < -0.39 is 0 Å². The summed E-state index contributed by atoms with van der Waals surface area (Å²) in [6.07, 6.45) is 4.54. The second-order valence-corrected chi connectivity index (χ2v) is 6.92. The molecule has 2 aromatic rings. The minimum absolute atomic E-state index is 0.000706. The first-order valence-corrected chi connectivity index (χ1v) is 9.28. The molecule has 1 amide bonds. The highest BCUT2D eigenvalue weighted by Gasteiger charge is 2.36. The number of hydrogen-bond donors (Lipinski definition) is 1. The van der Waals surface area contributed by atoms with Crippen molar-refractivity contribution >= 4 is 5.91 Å². The standard InChI is InChI=1S/C22H27NO4/c1-25-18-12-11-17(19(26-2)20(18)27-3)21(24)23-15-22(13-7-8-14-22)16-9-5-4-6-10-16/h4-6,9-12H,7-8,13-15H2,1-3H3,(H,23,24). The summed E-state index contributed by atoms with van der Waals surface area (Å²) in [7, 11) is 4.61. The van der Waals surface area contributed by atoms with Crippen molar-refractivity contribution in [3.8, 4) is 17.2 Å². The molecule has 5 heteroatoms. The molecule has 1 fully saturated rings. The zero-order chi connectivity index (χ0) is 19.3. The van der Waals surface area contributed by atoms with Gasteiger partial charge in [-0.1, -0.05) is 43.2 Å². The molecule has 0 radical (unpaired) electrons. The molecule has 0 aromatic heterocycles. The lowest BCUT2D eigenvalue weighted by Crippen LogP contribution is -2.39. The molecule has 0 heterocycles. The Balaban J connectivity index is 1.83. The average molecular weight is 369 g/mol. The Morgan fingerprint density at radius 2 is 1.59 bits per heavy atom. The second kappa shape index (κ2) is 8.33. The van der Waals surface area contributed by atoms with Crippen molar-refractivity contribution in [3.63, 3.8) is 0 Å². The minimum atomic E-state index is -0.171. The predicted octanol–water partition coefficient (Wildman–Crippen LogP) is 3.95. The summed E-state index contributed by atoms with van der Waals surface area (Å²) < 4.78 is 16.1. The summed E-state index contributed by atoms with van der Waals surface area (Å²) in [4.78, 5) is 12.9. The lowest BCUT2D eigenvalue weighted by Gasteiger charge is -2.30. The largest absolute Gasteiger partial charge is 0.493 e. The first kappa shape index (κ1) is 19.1. The van der Waals surface area contributed by atoms with Gasteiger partial charge in [0.25, 0.3) is 5.91 Å². The molecule has 3 rings (SSSR count). The van der Waals surface area contributed by atoms with E-state index in [-0.39, 0.29) is 11.3 Å². The summed E-state index contributed by atoms with van der Waals surface area (Å²) >= 11 is 0. The van der Waals surface area contributed by atoms with Gasteiger partial charge in [-0.15, -0.1) is 0 Å². The third-order valence-electron chi connectivity index (χ3n) is 5.48. The fourth-order valence-corrected chi connectivity index (χ4v) is 4.04. The maximum Gasteiger partial charge on any atom is 0.255 e. The molecule has 0 atom stereocenters. The highest BCUT2D eigenvalue weighted by molar-refractivity contribution is 5.98. The summed E-state index contributed by atoms with van der Waals surface area (Å²) in [6.45, 7) is 0.605. The molecular formula is C22H27NO4. The number of amides is 1. The highest BCUT2D eigenvalue weighted by Crippen LogP contribution is 2.42. The van der Waals surface area contributed by atoms with Gasteiger partial charge in [0.05, 0.1) is 26.9 Å². The lowest BCUT2D eigenvalue weighted by atomic mass is 9.79. The predicted molar refractivity (Wildman–Crippen MR) is 105 cm³/mol. The number of nitrogens with one attached hydrogen (secondary N) is 1. The number of benzene rings is 2. The average Bonchev–Trinajstić information content (AvgIpc) is 3.21. The fourth-order valence-electron chi connectivity index (χ4n) is 4.04. The van der Waals surface area contributed by atoms with Gasteiger partial charge >= 0.3 is 0 Å². The Kier molecular flexibility index (Phi) is 5.89. The van der Waals surface area contributed by atoms with Crippen molar-refractivity contribution in [2.24, 2.45) is 0 Å². The van der Waals surface area contributed by atoms with Crippen LogP contribution in [0.5, 0.6) is 17.2 Å². The number of rotatable bonds is 7. The van der Waals surface area contributed by atoms with Crippen LogP contribution < -0.4 is 19.5 Å². The van der Waals surface area contributed by atoms with E-state index in [4.69, 9.17) is 14.2 Å². The monoisotopic (exact) mass is 369 g/mol. The SMILES string of the molecule is COc1ccc(C(=O)NCC2(c3ccccc3)CCCC2)c(OC)c1OC. The third-order valence-corrected chi connectivity index (χ3v) is 5.48. The maximum atomic E-state index is 12.9. The minimum Gasteiger partial charge on any atom is -0.493 e. The van der Waals surface area contributed by atoms with Crippen LogP contribution in [0.3, 0.4) is 0 Å². The molecule has 144 valence electrons. The summed E-state index contributed by atoms with van der Waals surface area (Å²) in [6, 6.07) is 13.9. The first-order valence-electron chi connectivity index (χ1n) is 9.28. The van der Waals surface area contributed by atoms with Gasteiger partial charge in [-0.3, -0.25) is 4.79 Å². The van der Waals surface area contributed by atoms with Gasteiger partial charge in [0.2, 0.25) is 5.75 Å². The van der Waals surface area contributed by atoms with Crippen molar-refractivity contribution in [2.75, 3.05) is 27.9 Å². The van der Waals surface area contributed by atoms with E-state index in [9.17, 15) is 4.79 Å². The maximum absolute atomic E-state index is 12.9. The molecule has 1 aliphatic rings. The number of carbonyl (C=O) groups excluding carboxylic acids is 1. The zero-order valence-electron chi connectivity index (χ0n) is 16.2. The molecular weight excluding hydrogens is 342 g/mol. The summed E-state index contributed by atoms with van der Waals surface area (Å²) in [5, 5.41) is 3.13. The number of methoxy groups -OCH3 is 3. The Morgan fingerprint density at radius 3 is 2.19 bits per heavy atom. The van der Waals surface area contributed by atoms with E-state index in [1.54, 1.807) is 19.2 Å². The Morgan fingerprint density at radius 1 is 0.926 bits per heavy atom. The van der Waals surface area contributed by atoms with Gasteiger partial charge in [0, 0.05) is 12.0 Å². The van der Waals surface area contributed by atoms with Crippen molar-refractivity contribution in [2.45, 2.75) is 31.1 Å². The van der Waals surface area contributed by atoms with Crippen molar-refractivity contribution in [1.82, 2.24) is 5.32 Å². The van der Waals surface area contributed by atoms with E-state index in [0.717, 1.165) is 12.8 Å². The van der Waals surface area contributed by atoms with Gasteiger partial charge in [-0.2, -0.15) is 0 Å². The summed E-state index contributed by atoms with van der Waals surface area (Å²) in [5.41, 5.74) is 1.74. The Bertz CT molecular complexity index is 782. The molecule has 5 nitrogen and oxygen atoms in total. The number of ether oxygens (including phenoxy) is 3. The van der Waals surface area contributed by atoms with Crippen LogP contribution in [0.4, 0.5) is 0 Å². The van der Waals surface area contributed by atoms with E-state index in [1.165, 1.54) is 32.6 Å². The fraction of sp³-hybridized carbons (Fsp3) is 0.409. The van der Waals surface area contributed by atoms with Crippen molar-refractivity contribution in [3.05, 3.63) is 53.6 Å². The van der Waals surface area contributed by atoms with E-state index >= 15 is 0 Å². The van der Waals surface area contributed by atoms with Gasteiger partial charge in [0.1, 0.15) is 0 Å². The van der Waals surface area contributed by atoms with Crippen LogP contribution in [0.2, 0.25) is 0 Å². The van der Waals surface area contributed by atoms with Crippen LogP contribution in [0.15, 0.2) is 42.5 Å². The zero-order valence-corrected chi connectivity index (χ0v) is 16.2. The van der Waals surface area contributed by atoms with Crippen LogP contribution in [-0.4, -0.2) is 33.8 Å². The lowest BCUT2D eigenvalue weighted by molar-refractivity contribution is 0.0939. The van der Waals surface area contributed by atoms with Gasteiger partial charge in [-0.25, -0.2) is 0 Å². The van der Waals surface area contributed by atoms with Crippen molar-refractivity contribution in [1.29, 1.82) is 0 Å². The van der Waals surface area contributed by atoms with Gasteiger partial charge < -0.3 is 19.5 Å². The highest BCUT2D eigenvalue weighted by atomic mass is 16.5. The van der Waals surface area contributed by atoms with Crippen LogP contribution >= 0.6 is 0 Å². The first-order chi connectivity index (χ1) is 13.1. The van der Waals surface area contributed by atoms with Crippen LogP contribution in [-0.2, 0) is 5.41 Å². The van der Waals surface area contributed by atoms with Crippen molar-refractivity contribution < 1.29 is 19.0 Å². The smallest absolute Gasteiger partial charge is 0.255 e. The molecule has 2 aromatic carbocycles. The van der Waals surface area contributed by atoms with Crippen LogP contribution in [0, 0.1) is 0 Å². The molecule has 0 bridgehead atoms. The number of hydrogen-bond acceptors (Lipinski definition) is 4. The van der Waals surface area contributed by atoms with E-state index in [0.29, 0.717) is 29.4 Å². The quantitative estimate of drug-likeness (QED) is 0.803. The van der Waals surface area contributed by atoms with Gasteiger partial charge in [-0.05, 0) is 30.5 Å². The third kappa shape index (κ3) is 3.72. The molecule has 27 heavy (non-hydrogen) atoms. The Labute approximate surface area is 160 Å². The molecule has 1 saturated carbocycles. The summed E-state index contributed by atoms with van der Waals surface area (Å²) in [5.74, 6) is 1.17. The molecule has 1 N–H and O–H groups in total.